The van der Waals surface area contributed by atoms with E-state index in [4.69, 9.17) is 0 Å². The summed E-state index contributed by atoms with van der Waals surface area (Å²) in [5.74, 6) is -0.950. The summed E-state index contributed by atoms with van der Waals surface area (Å²) in [6, 6.07) is 0. The standard InChI is InChI=1S/C10H16O4/c1-5-6-8(10(12)14-4)7(2)9(11)13-3/h5-6H2,1-4H3/b8-7-. The lowest BCUT2D eigenvalue weighted by molar-refractivity contribution is -0.139. The Balaban J connectivity index is 4.93. The zero-order chi connectivity index (χ0) is 11.1. The molecule has 0 rings (SSSR count). The fourth-order valence-corrected chi connectivity index (χ4v) is 1.09. The van der Waals surface area contributed by atoms with E-state index in [1.54, 1.807) is 6.92 Å². The average Bonchev–Trinajstić information content (AvgIpc) is 2.22. The van der Waals surface area contributed by atoms with Crippen LogP contribution in [0.15, 0.2) is 11.1 Å². The van der Waals surface area contributed by atoms with E-state index in [-0.39, 0.29) is 0 Å². The molecule has 0 fully saturated rings. The number of hydrogen-bond acceptors (Lipinski definition) is 4. The van der Waals surface area contributed by atoms with Gasteiger partial charge in [-0.15, -0.1) is 0 Å². The normalized spacial score (nSPS) is 11.7. The van der Waals surface area contributed by atoms with Crippen molar-refractivity contribution in [3.8, 4) is 0 Å². The van der Waals surface area contributed by atoms with E-state index in [9.17, 15) is 9.59 Å². The lowest BCUT2D eigenvalue weighted by atomic mass is 10.1. The topological polar surface area (TPSA) is 52.6 Å². The number of carbonyl (C=O) groups excluding carboxylic acids is 2. The van der Waals surface area contributed by atoms with Gasteiger partial charge in [-0.3, -0.25) is 0 Å². The zero-order valence-corrected chi connectivity index (χ0v) is 9.05. The lowest BCUT2D eigenvalue weighted by Crippen LogP contribution is -2.12. The van der Waals surface area contributed by atoms with Gasteiger partial charge in [0.2, 0.25) is 0 Å². The van der Waals surface area contributed by atoms with Crippen molar-refractivity contribution in [3.05, 3.63) is 11.1 Å². The SMILES string of the molecule is CCC/C(C(=O)OC)=C(\C)C(=O)OC. The molecule has 0 heterocycles. The summed E-state index contributed by atoms with van der Waals surface area (Å²) in [5.41, 5.74) is 0.711. The van der Waals surface area contributed by atoms with Crippen molar-refractivity contribution >= 4 is 11.9 Å². The molecule has 0 saturated heterocycles. The Kier molecular flexibility index (Phi) is 5.60. The molecule has 4 nitrogen and oxygen atoms in total. The molecule has 0 radical (unpaired) electrons. The van der Waals surface area contributed by atoms with Crippen LogP contribution in [0.4, 0.5) is 0 Å². The first-order valence-corrected chi connectivity index (χ1v) is 4.44. The summed E-state index contributed by atoms with van der Waals surface area (Å²) in [5, 5.41) is 0. The smallest absolute Gasteiger partial charge is 0.334 e. The van der Waals surface area contributed by atoms with Crippen LogP contribution in [0.5, 0.6) is 0 Å². The van der Waals surface area contributed by atoms with Crippen LogP contribution in [-0.2, 0) is 19.1 Å². The fourth-order valence-electron chi connectivity index (χ4n) is 1.09. The molecule has 0 bridgehead atoms. The van der Waals surface area contributed by atoms with Gasteiger partial charge in [-0.1, -0.05) is 13.3 Å². The van der Waals surface area contributed by atoms with E-state index in [2.05, 4.69) is 9.47 Å². The first kappa shape index (κ1) is 12.7. The van der Waals surface area contributed by atoms with Crippen molar-refractivity contribution in [2.75, 3.05) is 14.2 Å². The summed E-state index contributed by atoms with van der Waals surface area (Å²) in [4.78, 5) is 22.4. The van der Waals surface area contributed by atoms with Crippen molar-refractivity contribution in [2.45, 2.75) is 26.7 Å². The molecular formula is C10H16O4. The Morgan fingerprint density at radius 3 is 1.93 bits per heavy atom. The molecule has 14 heavy (non-hydrogen) atoms. The Labute approximate surface area is 83.9 Å². The zero-order valence-electron chi connectivity index (χ0n) is 9.05. The summed E-state index contributed by atoms with van der Waals surface area (Å²) in [6.45, 7) is 3.49. The maximum atomic E-state index is 11.3. The fraction of sp³-hybridized carbons (Fsp3) is 0.600. The first-order valence-electron chi connectivity index (χ1n) is 4.44. The summed E-state index contributed by atoms with van der Waals surface area (Å²) < 4.78 is 9.11. The van der Waals surface area contributed by atoms with E-state index < -0.39 is 11.9 Å². The molecule has 0 aliphatic carbocycles. The highest BCUT2D eigenvalue weighted by atomic mass is 16.5. The second-order valence-electron chi connectivity index (χ2n) is 2.84. The van der Waals surface area contributed by atoms with E-state index in [0.29, 0.717) is 17.6 Å². The van der Waals surface area contributed by atoms with Crippen LogP contribution >= 0.6 is 0 Å². The van der Waals surface area contributed by atoms with Crippen molar-refractivity contribution in [3.63, 3.8) is 0 Å². The third-order valence-electron chi connectivity index (χ3n) is 1.88. The summed E-state index contributed by atoms with van der Waals surface area (Å²) in [7, 11) is 2.58. The van der Waals surface area contributed by atoms with E-state index >= 15 is 0 Å². The van der Waals surface area contributed by atoms with Gasteiger partial charge in [0.15, 0.2) is 0 Å². The number of rotatable bonds is 4. The molecule has 0 aromatic carbocycles. The average molecular weight is 200 g/mol. The van der Waals surface area contributed by atoms with Crippen LogP contribution in [0.25, 0.3) is 0 Å². The minimum Gasteiger partial charge on any atom is -0.466 e. The summed E-state index contributed by atoms with van der Waals surface area (Å²) >= 11 is 0. The molecular weight excluding hydrogens is 184 g/mol. The molecule has 0 spiro atoms. The molecule has 0 aromatic rings. The largest absolute Gasteiger partial charge is 0.466 e. The predicted octanol–water partition coefficient (Wildman–Crippen LogP) is 1.45. The Morgan fingerprint density at radius 1 is 1.07 bits per heavy atom. The number of esters is 2. The first-order chi connectivity index (χ1) is 6.58. The van der Waals surface area contributed by atoms with Gasteiger partial charge in [0, 0.05) is 11.1 Å². The van der Waals surface area contributed by atoms with E-state index in [1.165, 1.54) is 14.2 Å². The highest BCUT2D eigenvalue weighted by Crippen LogP contribution is 2.13. The van der Waals surface area contributed by atoms with Gasteiger partial charge in [-0.2, -0.15) is 0 Å². The van der Waals surface area contributed by atoms with Gasteiger partial charge >= 0.3 is 11.9 Å². The molecule has 0 atom stereocenters. The van der Waals surface area contributed by atoms with Gasteiger partial charge in [0.05, 0.1) is 14.2 Å². The molecule has 80 valence electrons. The monoisotopic (exact) mass is 200 g/mol. The van der Waals surface area contributed by atoms with Crippen LogP contribution in [0.2, 0.25) is 0 Å². The predicted molar refractivity (Wildman–Crippen MR) is 51.6 cm³/mol. The Bertz CT molecular complexity index is 253. The highest BCUT2D eigenvalue weighted by Gasteiger charge is 2.17. The number of hydrogen-bond donors (Lipinski definition) is 0. The molecule has 4 heteroatoms. The second kappa shape index (κ2) is 6.18. The van der Waals surface area contributed by atoms with Crippen molar-refractivity contribution < 1.29 is 19.1 Å². The molecule has 0 aliphatic rings. The molecule has 0 unspecified atom stereocenters. The van der Waals surface area contributed by atoms with Gasteiger partial charge in [0.1, 0.15) is 0 Å². The molecule has 0 aromatic heterocycles. The van der Waals surface area contributed by atoms with Crippen LogP contribution in [-0.4, -0.2) is 26.2 Å². The minimum atomic E-state index is -0.487. The Hall–Kier alpha value is -1.32. The van der Waals surface area contributed by atoms with Crippen molar-refractivity contribution in [2.24, 2.45) is 0 Å². The molecule has 0 amide bonds. The van der Waals surface area contributed by atoms with E-state index in [1.807, 2.05) is 6.92 Å². The third-order valence-corrected chi connectivity index (χ3v) is 1.88. The van der Waals surface area contributed by atoms with Gasteiger partial charge in [-0.05, 0) is 13.3 Å². The number of methoxy groups -OCH3 is 2. The maximum Gasteiger partial charge on any atom is 0.334 e. The van der Waals surface area contributed by atoms with Crippen LogP contribution < -0.4 is 0 Å². The van der Waals surface area contributed by atoms with Gasteiger partial charge in [0.25, 0.3) is 0 Å². The number of ether oxygens (including phenoxy) is 2. The quantitative estimate of drug-likeness (QED) is 0.509. The van der Waals surface area contributed by atoms with E-state index in [0.717, 1.165) is 6.42 Å². The highest BCUT2D eigenvalue weighted by molar-refractivity contribution is 5.99. The summed E-state index contributed by atoms with van der Waals surface area (Å²) in [6.07, 6.45) is 1.30. The van der Waals surface area contributed by atoms with Crippen LogP contribution in [0.3, 0.4) is 0 Å². The minimum absolute atomic E-state index is 0.321. The Morgan fingerprint density at radius 2 is 1.57 bits per heavy atom. The molecule has 0 N–H and O–H groups in total. The molecule has 0 aliphatic heterocycles. The van der Waals surface area contributed by atoms with Crippen LogP contribution in [0, 0.1) is 0 Å². The maximum absolute atomic E-state index is 11.3. The lowest BCUT2D eigenvalue weighted by Gasteiger charge is -2.07. The third kappa shape index (κ3) is 3.20. The second-order valence-corrected chi connectivity index (χ2v) is 2.84. The molecule has 0 saturated carbocycles. The number of carbonyl (C=O) groups is 2. The van der Waals surface area contributed by atoms with Crippen molar-refractivity contribution in [1.29, 1.82) is 0 Å². The van der Waals surface area contributed by atoms with Crippen molar-refractivity contribution in [1.82, 2.24) is 0 Å². The van der Waals surface area contributed by atoms with Gasteiger partial charge in [-0.25, -0.2) is 9.59 Å². The van der Waals surface area contributed by atoms with Gasteiger partial charge < -0.3 is 9.47 Å². The van der Waals surface area contributed by atoms with Crippen LogP contribution in [0.1, 0.15) is 26.7 Å².